The minimum atomic E-state index is -0.920. The normalized spacial score (nSPS) is 13.6. The summed E-state index contributed by atoms with van der Waals surface area (Å²) in [5.41, 5.74) is 0. The number of thiol groups is 1. The van der Waals surface area contributed by atoms with E-state index in [2.05, 4.69) is 34.6 Å². The van der Waals surface area contributed by atoms with Gasteiger partial charge in [-0.15, -0.1) is 0 Å². The first-order valence-electron chi connectivity index (χ1n) is 18.7. The molecule has 0 aliphatic rings. The fourth-order valence-corrected chi connectivity index (χ4v) is 6.05. The van der Waals surface area contributed by atoms with E-state index in [1.165, 1.54) is 135 Å². The average Bonchev–Trinajstić information content (AvgIpc) is 2.96. The van der Waals surface area contributed by atoms with Gasteiger partial charge in [-0.3, -0.25) is 0 Å². The number of rotatable bonds is 34. The molecule has 0 fully saturated rings. The van der Waals surface area contributed by atoms with Gasteiger partial charge in [0.1, 0.15) is 0 Å². The topological polar surface area (TPSA) is 27.7 Å². The van der Waals surface area contributed by atoms with Crippen molar-refractivity contribution in [3.63, 3.8) is 0 Å². The SMILES string of the molecule is CCCCCCCCOC(OCCCCCCCC)(OCCCCCCCC)C(CCCCCCCC)CC(C)S. The smallest absolute Gasteiger partial charge is 0.285 e. The quantitative estimate of drug-likeness (QED) is 0.0452. The van der Waals surface area contributed by atoms with Crippen LogP contribution in [0.25, 0.3) is 0 Å². The van der Waals surface area contributed by atoms with Gasteiger partial charge < -0.3 is 14.2 Å². The third-order valence-corrected chi connectivity index (χ3v) is 8.65. The Kier molecular flexibility index (Phi) is 31.8. The van der Waals surface area contributed by atoms with Gasteiger partial charge in [0.05, 0.1) is 19.8 Å². The van der Waals surface area contributed by atoms with Crippen LogP contribution in [-0.4, -0.2) is 31.0 Å². The van der Waals surface area contributed by atoms with Crippen molar-refractivity contribution in [1.29, 1.82) is 0 Å². The van der Waals surface area contributed by atoms with Gasteiger partial charge in [0, 0.05) is 5.92 Å². The van der Waals surface area contributed by atoms with Crippen molar-refractivity contribution in [2.24, 2.45) is 5.92 Å². The summed E-state index contributed by atoms with van der Waals surface area (Å²) < 4.78 is 20.4. The molecule has 3 nitrogen and oxygen atoms in total. The maximum atomic E-state index is 6.81. The Hall–Kier alpha value is 0.230. The third-order valence-electron chi connectivity index (χ3n) is 8.44. The van der Waals surface area contributed by atoms with Crippen molar-refractivity contribution in [1.82, 2.24) is 0 Å². The molecule has 0 spiro atoms. The van der Waals surface area contributed by atoms with Gasteiger partial charge in [-0.25, -0.2) is 0 Å². The molecule has 2 atom stereocenters. The highest BCUT2D eigenvalue weighted by Gasteiger charge is 2.42. The van der Waals surface area contributed by atoms with Gasteiger partial charge >= 0.3 is 0 Å². The van der Waals surface area contributed by atoms with Crippen LogP contribution in [0.15, 0.2) is 0 Å². The zero-order valence-corrected chi connectivity index (χ0v) is 29.7. The average molecular weight is 601 g/mol. The van der Waals surface area contributed by atoms with Gasteiger partial charge in [0.2, 0.25) is 0 Å². The van der Waals surface area contributed by atoms with Crippen molar-refractivity contribution in [2.45, 2.75) is 213 Å². The van der Waals surface area contributed by atoms with Crippen molar-refractivity contribution in [3.8, 4) is 0 Å². The summed E-state index contributed by atoms with van der Waals surface area (Å²) in [6.07, 6.45) is 32.7. The van der Waals surface area contributed by atoms with Crippen LogP contribution in [0.4, 0.5) is 0 Å². The van der Waals surface area contributed by atoms with Crippen molar-refractivity contribution >= 4 is 12.6 Å². The Morgan fingerprint density at radius 2 is 0.732 bits per heavy atom. The molecule has 0 saturated carbocycles. The number of unbranched alkanes of at least 4 members (excludes halogenated alkanes) is 20. The van der Waals surface area contributed by atoms with Gasteiger partial charge in [0.25, 0.3) is 5.97 Å². The zero-order chi connectivity index (χ0) is 30.3. The predicted octanol–water partition coefficient (Wildman–Crippen LogP) is 12.8. The van der Waals surface area contributed by atoms with E-state index in [-0.39, 0.29) is 5.92 Å². The van der Waals surface area contributed by atoms with Crippen molar-refractivity contribution in [3.05, 3.63) is 0 Å². The lowest BCUT2D eigenvalue weighted by atomic mass is 9.92. The molecule has 0 aliphatic heterocycles. The third kappa shape index (κ3) is 25.3. The first-order chi connectivity index (χ1) is 20.1. The van der Waals surface area contributed by atoms with E-state index in [0.29, 0.717) is 5.25 Å². The standard InChI is InChI=1S/C37H76O3S/c1-6-10-14-18-22-26-30-36(34-35(5)41)37(38-31-27-23-19-15-11-7-2,39-32-28-24-20-16-12-8-3)40-33-29-25-21-17-13-9-4/h35-36,41H,6-34H2,1-5H3. The van der Waals surface area contributed by atoms with Gasteiger partial charge in [-0.05, 0) is 37.4 Å². The van der Waals surface area contributed by atoms with Crippen LogP contribution in [-0.2, 0) is 14.2 Å². The Morgan fingerprint density at radius 3 is 1.05 bits per heavy atom. The second kappa shape index (κ2) is 31.6. The van der Waals surface area contributed by atoms with E-state index in [1.54, 1.807) is 0 Å². The number of ether oxygens (including phenoxy) is 3. The molecule has 0 saturated heterocycles. The summed E-state index contributed by atoms with van der Waals surface area (Å²) in [5.74, 6) is -0.696. The van der Waals surface area contributed by atoms with Crippen LogP contribution in [0, 0.1) is 5.92 Å². The van der Waals surface area contributed by atoms with E-state index < -0.39 is 5.97 Å². The predicted molar refractivity (Wildman–Crippen MR) is 185 cm³/mol. The largest absolute Gasteiger partial charge is 0.327 e. The molecule has 0 rings (SSSR count). The highest BCUT2D eigenvalue weighted by atomic mass is 32.1. The monoisotopic (exact) mass is 601 g/mol. The van der Waals surface area contributed by atoms with Crippen molar-refractivity contribution < 1.29 is 14.2 Å². The number of hydrogen-bond donors (Lipinski definition) is 1. The molecule has 4 heteroatoms. The second-order valence-corrected chi connectivity index (χ2v) is 13.7. The second-order valence-electron chi connectivity index (χ2n) is 12.8. The lowest BCUT2D eigenvalue weighted by molar-refractivity contribution is -0.407. The Labute approximate surface area is 264 Å². The maximum Gasteiger partial charge on any atom is 0.285 e. The van der Waals surface area contributed by atoms with E-state index in [1.807, 2.05) is 0 Å². The van der Waals surface area contributed by atoms with Crippen molar-refractivity contribution in [2.75, 3.05) is 19.8 Å². The minimum absolute atomic E-state index is 0.224. The summed E-state index contributed by atoms with van der Waals surface area (Å²) in [6.45, 7) is 13.6. The fraction of sp³-hybridized carbons (Fsp3) is 1.00. The molecular weight excluding hydrogens is 524 g/mol. The summed E-state index contributed by atoms with van der Waals surface area (Å²) in [4.78, 5) is 0. The van der Waals surface area contributed by atoms with Gasteiger partial charge in [0.15, 0.2) is 0 Å². The summed E-state index contributed by atoms with van der Waals surface area (Å²) in [5, 5.41) is 0.299. The fourth-order valence-electron chi connectivity index (χ4n) is 5.79. The lowest BCUT2D eigenvalue weighted by Gasteiger charge is -2.40. The van der Waals surface area contributed by atoms with Crippen LogP contribution >= 0.6 is 12.6 Å². The van der Waals surface area contributed by atoms with Crippen LogP contribution in [0.1, 0.15) is 202 Å². The molecule has 2 unspecified atom stereocenters. The molecule has 0 aromatic rings. The Balaban J connectivity index is 5.46. The molecule has 0 aromatic carbocycles. The molecule has 0 heterocycles. The summed E-state index contributed by atoms with van der Waals surface area (Å²) >= 11 is 4.86. The molecule has 248 valence electrons. The molecule has 41 heavy (non-hydrogen) atoms. The van der Waals surface area contributed by atoms with Crippen LogP contribution in [0.3, 0.4) is 0 Å². The van der Waals surface area contributed by atoms with Crippen LogP contribution in [0.2, 0.25) is 0 Å². The van der Waals surface area contributed by atoms with E-state index in [0.717, 1.165) is 51.9 Å². The van der Waals surface area contributed by atoms with E-state index >= 15 is 0 Å². The van der Waals surface area contributed by atoms with E-state index in [4.69, 9.17) is 26.8 Å². The number of hydrogen-bond acceptors (Lipinski definition) is 4. The Morgan fingerprint density at radius 1 is 0.439 bits per heavy atom. The lowest BCUT2D eigenvalue weighted by Crippen LogP contribution is -2.48. The first kappa shape index (κ1) is 41.2. The molecule has 0 aromatic heterocycles. The molecule has 0 amide bonds. The molecule has 0 radical (unpaired) electrons. The molecule has 0 aliphatic carbocycles. The van der Waals surface area contributed by atoms with Crippen LogP contribution in [0.5, 0.6) is 0 Å². The molecular formula is C37H76O3S. The zero-order valence-electron chi connectivity index (χ0n) is 28.8. The highest BCUT2D eigenvalue weighted by Crippen LogP contribution is 2.36. The van der Waals surface area contributed by atoms with Gasteiger partial charge in [-0.2, -0.15) is 12.6 Å². The first-order valence-corrected chi connectivity index (χ1v) is 19.2. The minimum Gasteiger partial charge on any atom is -0.327 e. The van der Waals surface area contributed by atoms with Crippen LogP contribution < -0.4 is 0 Å². The van der Waals surface area contributed by atoms with E-state index in [9.17, 15) is 0 Å². The summed E-state index contributed by atoms with van der Waals surface area (Å²) in [7, 11) is 0. The maximum absolute atomic E-state index is 6.81. The molecule has 0 bridgehead atoms. The highest BCUT2D eigenvalue weighted by molar-refractivity contribution is 7.80. The summed E-state index contributed by atoms with van der Waals surface area (Å²) in [6, 6.07) is 0. The molecule has 0 N–H and O–H groups in total. The van der Waals surface area contributed by atoms with Gasteiger partial charge in [-0.1, -0.05) is 169 Å². The Bertz CT molecular complexity index is 453.